The van der Waals surface area contributed by atoms with E-state index in [1.807, 2.05) is 47.3 Å². The molecule has 0 saturated carbocycles. The van der Waals surface area contributed by atoms with E-state index >= 15 is 0 Å². The van der Waals surface area contributed by atoms with Crippen molar-refractivity contribution >= 4 is 34.2 Å². The van der Waals surface area contributed by atoms with Gasteiger partial charge in [-0.25, -0.2) is 5.43 Å². The lowest BCUT2D eigenvalue weighted by atomic mass is 10.2. The molecule has 118 valence electrons. The van der Waals surface area contributed by atoms with Crippen molar-refractivity contribution in [1.29, 1.82) is 0 Å². The molecule has 7 heteroatoms. The minimum atomic E-state index is -0.253. The molecule has 23 heavy (non-hydrogen) atoms. The standard InChI is InChI=1S/C16H14N4OS.BrH/c1-20-14(12-5-3-2-4-6-12)11-22-16(20)19-18-15(21)13-7-9-17-10-8-13;/h2-11H,1H3,(H,18,21);1H/b19-16+;. The number of amides is 1. The van der Waals surface area contributed by atoms with Crippen LogP contribution in [-0.4, -0.2) is 15.5 Å². The Morgan fingerprint density at radius 3 is 2.57 bits per heavy atom. The van der Waals surface area contributed by atoms with Crippen LogP contribution < -0.4 is 10.2 Å². The summed E-state index contributed by atoms with van der Waals surface area (Å²) in [6.07, 6.45) is 3.15. The normalized spacial score (nSPS) is 10.9. The van der Waals surface area contributed by atoms with Crippen molar-refractivity contribution in [2.45, 2.75) is 0 Å². The van der Waals surface area contributed by atoms with Crippen LogP contribution in [0.2, 0.25) is 0 Å². The van der Waals surface area contributed by atoms with Crippen LogP contribution in [0.3, 0.4) is 0 Å². The molecule has 2 aromatic heterocycles. The lowest BCUT2D eigenvalue weighted by Crippen LogP contribution is -2.23. The van der Waals surface area contributed by atoms with Gasteiger partial charge in [0, 0.05) is 30.4 Å². The van der Waals surface area contributed by atoms with Gasteiger partial charge >= 0.3 is 0 Å². The number of pyridine rings is 1. The van der Waals surface area contributed by atoms with Gasteiger partial charge in [-0.2, -0.15) is 0 Å². The van der Waals surface area contributed by atoms with Crippen LogP contribution in [0.25, 0.3) is 11.3 Å². The van der Waals surface area contributed by atoms with Gasteiger partial charge in [-0.15, -0.1) is 33.4 Å². The molecule has 3 aromatic rings. The highest BCUT2D eigenvalue weighted by molar-refractivity contribution is 8.93. The molecular formula is C16H15BrN4OS. The summed E-state index contributed by atoms with van der Waals surface area (Å²) in [5.74, 6) is -0.253. The number of nitrogens with zero attached hydrogens (tertiary/aromatic N) is 3. The number of hydrogen-bond donors (Lipinski definition) is 1. The summed E-state index contributed by atoms with van der Waals surface area (Å²) in [6.45, 7) is 0. The second-order valence-electron chi connectivity index (χ2n) is 4.62. The lowest BCUT2D eigenvalue weighted by molar-refractivity contribution is 0.0953. The van der Waals surface area contributed by atoms with E-state index in [0.717, 1.165) is 16.1 Å². The Kier molecular flexibility index (Phi) is 5.84. The Morgan fingerprint density at radius 1 is 1.17 bits per heavy atom. The topological polar surface area (TPSA) is 59.3 Å². The second-order valence-corrected chi connectivity index (χ2v) is 5.45. The molecule has 0 radical (unpaired) electrons. The van der Waals surface area contributed by atoms with Gasteiger partial charge in [-0.3, -0.25) is 9.78 Å². The first kappa shape index (κ1) is 17.1. The molecule has 0 aliphatic rings. The van der Waals surface area contributed by atoms with Crippen LogP contribution in [-0.2, 0) is 7.05 Å². The third-order valence-corrected chi connectivity index (χ3v) is 4.11. The minimum absolute atomic E-state index is 0. The monoisotopic (exact) mass is 390 g/mol. The fourth-order valence-electron chi connectivity index (χ4n) is 2.01. The zero-order valence-corrected chi connectivity index (χ0v) is 14.9. The zero-order valence-electron chi connectivity index (χ0n) is 12.3. The molecule has 3 rings (SSSR count). The van der Waals surface area contributed by atoms with E-state index in [4.69, 9.17) is 0 Å². The maximum absolute atomic E-state index is 12.0. The molecule has 0 atom stereocenters. The van der Waals surface area contributed by atoms with Crippen LogP contribution in [0.5, 0.6) is 0 Å². The molecule has 1 amide bonds. The highest BCUT2D eigenvalue weighted by Gasteiger charge is 2.06. The quantitative estimate of drug-likeness (QED) is 0.698. The van der Waals surface area contributed by atoms with Gasteiger partial charge in [0.25, 0.3) is 5.91 Å². The number of hydrogen-bond acceptors (Lipinski definition) is 4. The average Bonchev–Trinajstić information content (AvgIpc) is 2.95. The van der Waals surface area contributed by atoms with Crippen molar-refractivity contribution in [1.82, 2.24) is 15.0 Å². The Labute approximate surface area is 148 Å². The fourth-order valence-corrected chi connectivity index (χ4v) is 2.87. The van der Waals surface area contributed by atoms with Crippen LogP contribution >= 0.6 is 28.3 Å². The summed E-state index contributed by atoms with van der Waals surface area (Å²) in [4.78, 5) is 16.6. The van der Waals surface area contributed by atoms with Gasteiger partial charge in [0.2, 0.25) is 4.80 Å². The van der Waals surface area contributed by atoms with Gasteiger partial charge in [0.1, 0.15) is 0 Å². The minimum Gasteiger partial charge on any atom is -0.318 e. The number of rotatable bonds is 3. The largest absolute Gasteiger partial charge is 0.318 e. The SMILES string of the molecule is Br.Cn1c(-c2ccccc2)cs/c1=N/NC(=O)c1ccncc1. The van der Waals surface area contributed by atoms with Crippen molar-refractivity contribution < 1.29 is 4.79 Å². The van der Waals surface area contributed by atoms with Crippen LogP contribution in [0.4, 0.5) is 0 Å². The summed E-state index contributed by atoms with van der Waals surface area (Å²) in [5.41, 5.74) is 5.27. The van der Waals surface area contributed by atoms with E-state index < -0.39 is 0 Å². The third kappa shape index (κ3) is 3.94. The smallest absolute Gasteiger partial charge is 0.271 e. The van der Waals surface area contributed by atoms with Crippen LogP contribution in [0, 0.1) is 0 Å². The second kappa shape index (κ2) is 7.85. The van der Waals surface area contributed by atoms with Gasteiger partial charge in [-0.05, 0) is 17.7 Å². The number of carbonyl (C=O) groups is 1. The molecule has 0 spiro atoms. The zero-order chi connectivity index (χ0) is 15.4. The number of halogens is 1. The van der Waals surface area contributed by atoms with E-state index in [0.29, 0.717) is 5.56 Å². The number of thiazole rings is 1. The number of carbonyl (C=O) groups excluding carboxylic acids is 1. The molecule has 0 fully saturated rings. The van der Waals surface area contributed by atoms with E-state index in [2.05, 4.69) is 15.5 Å². The first-order chi connectivity index (χ1) is 10.8. The van der Waals surface area contributed by atoms with Crippen molar-refractivity contribution in [2.24, 2.45) is 12.1 Å². The summed E-state index contributed by atoms with van der Waals surface area (Å²) in [6, 6.07) is 13.4. The summed E-state index contributed by atoms with van der Waals surface area (Å²) >= 11 is 1.48. The molecule has 1 N–H and O–H groups in total. The van der Waals surface area contributed by atoms with E-state index in [1.54, 1.807) is 24.5 Å². The summed E-state index contributed by atoms with van der Waals surface area (Å²) in [5, 5.41) is 6.21. The van der Waals surface area contributed by atoms with E-state index in [1.165, 1.54) is 11.3 Å². The maximum atomic E-state index is 12.0. The average molecular weight is 391 g/mol. The first-order valence-corrected chi connectivity index (χ1v) is 7.58. The van der Waals surface area contributed by atoms with Crippen LogP contribution in [0.1, 0.15) is 10.4 Å². The highest BCUT2D eigenvalue weighted by Crippen LogP contribution is 2.18. The Balaban J connectivity index is 0.00000192. The van der Waals surface area contributed by atoms with Crippen molar-refractivity contribution in [3.05, 3.63) is 70.6 Å². The summed E-state index contributed by atoms with van der Waals surface area (Å²) in [7, 11) is 1.93. The molecule has 0 aliphatic heterocycles. The predicted molar refractivity (Wildman–Crippen MR) is 96.3 cm³/mol. The van der Waals surface area contributed by atoms with Crippen molar-refractivity contribution in [3.63, 3.8) is 0 Å². The Bertz CT molecular complexity index is 843. The molecule has 0 bridgehead atoms. The molecule has 1 aromatic carbocycles. The number of benzene rings is 1. The van der Waals surface area contributed by atoms with Gasteiger partial charge in [0.15, 0.2) is 0 Å². The molecule has 0 aliphatic carbocycles. The van der Waals surface area contributed by atoms with Gasteiger partial charge < -0.3 is 4.57 Å². The Hall–Kier alpha value is -2.25. The van der Waals surface area contributed by atoms with Crippen molar-refractivity contribution in [2.75, 3.05) is 0 Å². The molecule has 0 unspecified atom stereocenters. The third-order valence-electron chi connectivity index (χ3n) is 3.19. The molecule has 5 nitrogen and oxygen atoms in total. The van der Waals surface area contributed by atoms with Gasteiger partial charge in [0.05, 0.1) is 5.69 Å². The lowest BCUT2D eigenvalue weighted by Gasteiger charge is -2.02. The van der Waals surface area contributed by atoms with Crippen LogP contribution in [0.15, 0.2) is 65.3 Å². The highest BCUT2D eigenvalue weighted by atomic mass is 79.9. The maximum Gasteiger partial charge on any atom is 0.271 e. The first-order valence-electron chi connectivity index (χ1n) is 6.70. The molecule has 2 heterocycles. The Morgan fingerprint density at radius 2 is 1.87 bits per heavy atom. The number of aromatic nitrogens is 2. The fraction of sp³-hybridized carbons (Fsp3) is 0.0625. The molecular weight excluding hydrogens is 376 g/mol. The predicted octanol–water partition coefficient (Wildman–Crippen LogP) is 2.97. The molecule has 0 saturated heterocycles. The number of nitrogens with one attached hydrogen (secondary N) is 1. The van der Waals surface area contributed by atoms with Crippen molar-refractivity contribution in [3.8, 4) is 11.3 Å². The van der Waals surface area contributed by atoms with E-state index in [9.17, 15) is 4.79 Å². The van der Waals surface area contributed by atoms with Gasteiger partial charge in [-0.1, -0.05) is 30.3 Å². The summed E-state index contributed by atoms with van der Waals surface area (Å²) < 4.78 is 1.95. The van der Waals surface area contributed by atoms with E-state index in [-0.39, 0.29) is 22.9 Å².